The van der Waals surface area contributed by atoms with Gasteiger partial charge in [-0.3, -0.25) is 14.9 Å². The third-order valence-corrected chi connectivity index (χ3v) is 3.56. The molecule has 10 heteroatoms. The van der Waals surface area contributed by atoms with E-state index in [-0.39, 0.29) is 0 Å². The molecule has 4 N–H and O–H groups in total. The molecule has 0 atom stereocenters. The molecule has 0 aliphatic heterocycles. The Morgan fingerprint density at radius 1 is 1.24 bits per heavy atom. The Labute approximate surface area is 145 Å². The van der Waals surface area contributed by atoms with E-state index in [0.717, 1.165) is 11.6 Å². The largest absolute Gasteiger partial charge is 0.502 e. The monoisotopic (exact) mass is 357 g/mol. The van der Waals surface area contributed by atoms with Gasteiger partial charge < -0.3 is 15.1 Å². The number of benzene rings is 2. The van der Waals surface area contributed by atoms with E-state index in [9.17, 15) is 20.0 Å². The highest BCUT2D eigenvalue weighted by Gasteiger charge is 2.13. The number of nitro groups is 1. The van der Waals surface area contributed by atoms with Gasteiger partial charge in [-0.15, -0.1) is 0 Å². The highest BCUT2D eigenvalue weighted by molar-refractivity contribution is 7.71. The quantitative estimate of drug-likeness (QED) is 0.246. The van der Waals surface area contributed by atoms with E-state index in [4.69, 9.17) is 12.2 Å². The number of hydrogen-bond donors (Lipinski definition) is 4. The first-order valence-electron chi connectivity index (χ1n) is 6.97. The van der Waals surface area contributed by atoms with Gasteiger partial charge in [-0.2, -0.15) is 5.10 Å². The molecule has 0 fully saturated rings. The fraction of sp³-hybridized carbons (Fsp3) is 0. The van der Waals surface area contributed by atoms with Crippen LogP contribution >= 0.6 is 12.2 Å². The average molecular weight is 357 g/mol. The zero-order valence-corrected chi connectivity index (χ0v) is 13.3. The van der Waals surface area contributed by atoms with Gasteiger partial charge in [0, 0.05) is 17.2 Å². The minimum atomic E-state index is -0.707. The van der Waals surface area contributed by atoms with Gasteiger partial charge >= 0.3 is 5.69 Å². The fourth-order valence-corrected chi connectivity index (χ4v) is 2.39. The lowest BCUT2D eigenvalue weighted by atomic mass is 10.2. The van der Waals surface area contributed by atoms with Crippen molar-refractivity contribution in [1.82, 2.24) is 15.4 Å². The van der Waals surface area contributed by atoms with Crippen LogP contribution in [0.3, 0.4) is 0 Å². The van der Waals surface area contributed by atoms with Gasteiger partial charge in [0.2, 0.25) is 0 Å². The minimum Gasteiger partial charge on any atom is -0.502 e. The average Bonchev–Trinajstić information content (AvgIpc) is 2.95. The van der Waals surface area contributed by atoms with Gasteiger partial charge in [0.15, 0.2) is 10.5 Å². The maximum atomic E-state index is 12.1. The molecule has 3 aromatic rings. The normalized spacial score (nSPS) is 11.0. The number of hydrogen-bond acceptors (Lipinski definition) is 6. The standard InChI is InChI=1S/C15H11N5O4S/c21-13-4-1-8(5-12(13)20(23)24)7-16-19-14(22)9-2-3-10-11(6-9)18-15(25)17-10/h1-7,21H,(H,19,22)(H2,17,18,25)/b16-7-. The number of imidazole rings is 1. The van der Waals surface area contributed by atoms with Crippen molar-refractivity contribution in [3.63, 3.8) is 0 Å². The summed E-state index contributed by atoms with van der Waals surface area (Å²) in [7, 11) is 0. The molecular formula is C15H11N5O4S. The molecule has 1 aromatic heterocycles. The lowest BCUT2D eigenvalue weighted by molar-refractivity contribution is -0.385. The van der Waals surface area contributed by atoms with Crippen molar-refractivity contribution in [2.45, 2.75) is 0 Å². The Morgan fingerprint density at radius 2 is 2.00 bits per heavy atom. The third-order valence-electron chi connectivity index (χ3n) is 3.35. The summed E-state index contributed by atoms with van der Waals surface area (Å²) in [6.07, 6.45) is 1.24. The van der Waals surface area contributed by atoms with Gasteiger partial charge in [-0.25, -0.2) is 5.43 Å². The number of rotatable bonds is 4. The predicted molar refractivity (Wildman–Crippen MR) is 93.3 cm³/mol. The van der Waals surface area contributed by atoms with Crippen molar-refractivity contribution in [3.8, 4) is 5.75 Å². The second kappa shape index (κ2) is 6.53. The molecule has 1 amide bonds. The lowest BCUT2D eigenvalue weighted by Gasteiger charge is -2.00. The van der Waals surface area contributed by atoms with Crippen LogP contribution in [-0.2, 0) is 0 Å². The minimum absolute atomic E-state index is 0.356. The SMILES string of the molecule is O=C(N/N=C\c1ccc(O)c([N+](=O)[O-])c1)c1ccc2[nH]c(=S)[nH]c2c1. The number of carbonyl (C=O) groups is 1. The van der Waals surface area contributed by atoms with Crippen LogP contribution in [0.15, 0.2) is 41.5 Å². The van der Waals surface area contributed by atoms with E-state index in [1.165, 1.54) is 18.3 Å². The summed E-state index contributed by atoms with van der Waals surface area (Å²) in [4.78, 5) is 28.0. The molecular weight excluding hydrogens is 346 g/mol. The summed E-state index contributed by atoms with van der Waals surface area (Å²) in [5.74, 6) is -0.893. The predicted octanol–water partition coefficient (Wildman–Crippen LogP) is 2.60. The Balaban J connectivity index is 1.74. The molecule has 0 aliphatic rings. The molecule has 0 saturated carbocycles. The Bertz CT molecular complexity index is 1070. The van der Waals surface area contributed by atoms with Crippen molar-refractivity contribution in [2.75, 3.05) is 0 Å². The number of aromatic hydroxyl groups is 1. The molecule has 126 valence electrons. The maximum Gasteiger partial charge on any atom is 0.311 e. The lowest BCUT2D eigenvalue weighted by Crippen LogP contribution is -2.17. The van der Waals surface area contributed by atoms with Crippen LogP contribution < -0.4 is 5.43 Å². The first-order valence-corrected chi connectivity index (χ1v) is 7.38. The number of hydrazone groups is 1. The van der Waals surface area contributed by atoms with Crippen molar-refractivity contribution in [1.29, 1.82) is 0 Å². The number of H-pyrrole nitrogens is 2. The molecule has 25 heavy (non-hydrogen) atoms. The smallest absolute Gasteiger partial charge is 0.311 e. The molecule has 1 heterocycles. The number of phenolic OH excluding ortho intramolecular Hbond substituents is 1. The maximum absolute atomic E-state index is 12.1. The van der Waals surface area contributed by atoms with Crippen LogP contribution in [0.4, 0.5) is 5.69 Å². The van der Waals surface area contributed by atoms with Gasteiger partial charge in [0.25, 0.3) is 5.91 Å². The summed E-state index contributed by atoms with van der Waals surface area (Å²) in [5, 5.41) is 23.9. The van der Waals surface area contributed by atoms with Crippen molar-refractivity contribution in [3.05, 3.63) is 62.4 Å². The fourth-order valence-electron chi connectivity index (χ4n) is 2.17. The molecule has 9 nitrogen and oxygen atoms in total. The first-order chi connectivity index (χ1) is 11.9. The highest BCUT2D eigenvalue weighted by atomic mass is 32.1. The number of nitrogens with one attached hydrogen (secondary N) is 3. The molecule has 0 saturated heterocycles. The number of nitrogens with zero attached hydrogens (tertiary/aromatic N) is 2. The zero-order valence-electron chi connectivity index (χ0n) is 12.5. The highest BCUT2D eigenvalue weighted by Crippen LogP contribution is 2.25. The summed E-state index contributed by atoms with van der Waals surface area (Å²) < 4.78 is 0.458. The molecule has 0 aliphatic carbocycles. The number of phenols is 1. The van der Waals surface area contributed by atoms with Crippen molar-refractivity contribution >= 4 is 41.1 Å². The summed E-state index contributed by atoms with van der Waals surface area (Å²) >= 11 is 4.98. The number of amides is 1. The van der Waals surface area contributed by atoms with Crippen LogP contribution in [0, 0.1) is 14.9 Å². The van der Waals surface area contributed by atoms with E-state index in [1.54, 1.807) is 18.2 Å². The van der Waals surface area contributed by atoms with Gasteiger partial charge in [0.1, 0.15) is 0 Å². The zero-order chi connectivity index (χ0) is 18.0. The molecule has 3 rings (SSSR count). The van der Waals surface area contributed by atoms with Gasteiger partial charge in [-0.1, -0.05) is 0 Å². The molecule has 0 unspecified atom stereocenters. The Hall–Kier alpha value is -3.53. The van der Waals surface area contributed by atoms with E-state index in [2.05, 4.69) is 20.5 Å². The molecule has 0 spiro atoms. The second-order valence-corrected chi connectivity index (χ2v) is 5.45. The van der Waals surface area contributed by atoms with Crippen LogP contribution in [0.1, 0.15) is 15.9 Å². The topological polar surface area (TPSA) is 136 Å². The second-order valence-electron chi connectivity index (χ2n) is 5.04. The number of aromatic amines is 2. The Morgan fingerprint density at radius 3 is 2.76 bits per heavy atom. The third kappa shape index (κ3) is 3.53. The van der Waals surface area contributed by atoms with Crippen molar-refractivity contribution in [2.24, 2.45) is 5.10 Å². The molecule has 0 radical (unpaired) electrons. The van der Waals surface area contributed by atoms with Gasteiger partial charge in [-0.05, 0) is 42.5 Å². The van der Waals surface area contributed by atoms with E-state index >= 15 is 0 Å². The Kier molecular flexibility index (Phi) is 4.27. The van der Waals surface area contributed by atoms with Crippen LogP contribution in [0.25, 0.3) is 11.0 Å². The first kappa shape index (κ1) is 16.3. The summed E-state index contributed by atoms with van der Waals surface area (Å²) in [5.41, 5.74) is 4.08. The van der Waals surface area contributed by atoms with E-state index in [0.29, 0.717) is 21.4 Å². The molecule has 0 bridgehead atoms. The number of fused-ring (bicyclic) bond motifs is 1. The van der Waals surface area contributed by atoms with Crippen LogP contribution in [-0.4, -0.2) is 32.1 Å². The number of nitro benzene ring substituents is 1. The summed E-state index contributed by atoms with van der Waals surface area (Å²) in [6, 6.07) is 8.71. The summed E-state index contributed by atoms with van der Waals surface area (Å²) in [6.45, 7) is 0. The van der Waals surface area contributed by atoms with Crippen LogP contribution in [0.2, 0.25) is 0 Å². The van der Waals surface area contributed by atoms with E-state index < -0.39 is 22.3 Å². The van der Waals surface area contributed by atoms with E-state index in [1.807, 2.05) is 0 Å². The van der Waals surface area contributed by atoms with Crippen LogP contribution in [0.5, 0.6) is 5.75 Å². The number of carbonyl (C=O) groups excluding carboxylic acids is 1. The van der Waals surface area contributed by atoms with Crippen molar-refractivity contribution < 1.29 is 14.8 Å². The number of aromatic nitrogens is 2. The molecule has 2 aromatic carbocycles. The van der Waals surface area contributed by atoms with Gasteiger partial charge in [0.05, 0.1) is 22.2 Å².